The lowest BCUT2D eigenvalue weighted by Crippen LogP contribution is -2.14. The standard InChI is InChI=1S/C14H9F3N2O3S/c15-8-1-3-11(17)13(5-8)23-7-14(20)18-9-2-4-10(16)12(6-9)19(21)22/h1-6H,7H2,(H,18,20). The maximum absolute atomic E-state index is 13.4. The summed E-state index contributed by atoms with van der Waals surface area (Å²) in [6.45, 7) is 0. The molecule has 0 aromatic heterocycles. The van der Waals surface area contributed by atoms with Crippen molar-refractivity contribution < 1.29 is 22.9 Å². The molecule has 0 fully saturated rings. The topological polar surface area (TPSA) is 72.2 Å². The number of nitro groups is 1. The van der Waals surface area contributed by atoms with Crippen LogP contribution >= 0.6 is 11.8 Å². The van der Waals surface area contributed by atoms with Crippen LogP contribution in [0.2, 0.25) is 0 Å². The summed E-state index contributed by atoms with van der Waals surface area (Å²) in [5.74, 6) is -3.17. The van der Waals surface area contributed by atoms with Crippen molar-refractivity contribution >= 4 is 29.0 Å². The minimum absolute atomic E-state index is 0.0309. The first-order valence-corrected chi connectivity index (χ1v) is 7.17. The minimum Gasteiger partial charge on any atom is -0.325 e. The van der Waals surface area contributed by atoms with Crippen molar-refractivity contribution in [1.82, 2.24) is 0 Å². The second-order valence-electron chi connectivity index (χ2n) is 4.33. The van der Waals surface area contributed by atoms with Crippen LogP contribution in [0.5, 0.6) is 0 Å². The number of rotatable bonds is 5. The first-order chi connectivity index (χ1) is 10.9. The average Bonchev–Trinajstić information content (AvgIpc) is 2.50. The Bertz CT molecular complexity index is 771. The summed E-state index contributed by atoms with van der Waals surface area (Å²) >= 11 is 0.767. The molecule has 0 saturated carbocycles. The second-order valence-corrected chi connectivity index (χ2v) is 5.35. The van der Waals surface area contributed by atoms with E-state index in [0.29, 0.717) is 0 Å². The van der Waals surface area contributed by atoms with E-state index < -0.39 is 34.0 Å². The number of anilines is 1. The third-order valence-electron chi connectivity index (χ3n) is 2.68. The van der Waals surface area contributed by atoms with E-state index in [1.807, 2.05) is 0 Å². The van der Waals surface area contributed by atoms with Gasteiger partial charge in [-0.25, -0.2) is 8.78 Å². The molecule has 0 unspecified atom stereocenters. The normalized spacial score (nSPS) is 10.4. The van der Waals surface area contributed by atoms with Gasteiger partial charge >= 0.3 is 5.69 Å². The fourth-order valence-electron chi connectivity index (χ4n) is 1.66. The van der Waals surface area contributed by atoms with Crippen molar-refractivity contribution in [3.05, 3.63) is 64.0 Å². The number of carbonyl (C=O) groups is 1. The monoisotopic (exact) mass is 342 g/mol. The number of thioether (sulfide) groups is 1. The van der Waals surface area contributed by atoms with Gasteiger partial charge in [0.15, 0.2) is 0 Å². The predicted octanol–water partition coefficient (Wildman–Crippen LogP) is 3.74. The number of nitrogens with one attached hydrogen (secondary N) is 1. The van der Waals surface area contributed by atoms with Gasteiger partial charge in [-0.15, -0.1) is 11.8 Å². The van der Waals surface area contributed by atoms with Crippen molar-refractivity contribution in [3.8, 4) is 0 Å². The molecule has 0 spiro atoms. The van der Waals surface area contributed by atoms with Crippen LogP contribution in [0.3, 0.4) is 0 Å². The molecule has 1 amide bonds. The van der Waals surface area contributed by atoms with E-state index in [1.165, 1.54) is 0 Å². The van der Waals surface area contributed by atoms with Gasteiger partial charge in [-0.2, -0.15) is 4.39 Å². The number of halogens is 3. The van der Waals surface area contributed by atoms with E-state index in [2.05, 4.69) is 5.32 Å². The number of nitro benzene ring substituents is 1. The summed E-state index contributed by atoms with van der Waals surface area (Å²) in [4.78, 5) is 21.4. The Kier molecular flexibility index (Phi) is 5.22. The maximum atomic E-state index is 13.4. The number of hydrogen-bond donors (Lipinski definition) is 1. The van der Waals surface area contributed by atoms with Gasteiger partial charge in [-0.3, -0.25) is 14.9 Å². The fourth-order valence-corrected chi connectivity index (χ4v) is 2.42. The summed E-state index contributed by atoms with van der Waals surface area (Å²) in [6, 6.07) is 5.74. The summed E-state index contributed by atoms with van der Waals surface area (Å²) < 4.78 is 39.6. The molecule has 2 rings (SSSR count). The molecule has 0 saturated heterocycles. The van der Waals surface area contributed by atoms with Crippen LogP contribution in [0.1, 0.15) is 0 Å². The smallest absolute Gasteiger partial charge is 0.306 e. The molecular weight excluding hydrogens is 333 g/mol. The molecule has 0 aliphatic heterocycles. The molecule has 0 bridgehead atoms. The van der Waals surface area contributed by atoms with Crippen LogP contribution < -0.4 is 5.32 Å². The van der Waals surface area contributed by atoms with Crippen LogP contribution in [0.25, 0.3) is 0 Å². The van der Waals surface area contributed by atoms with E-state index in [1.54, 1.807) is 0 Å². The van der Waals surface area contributed by atoms with Crippen molar-refractivity contribution in [2.45, 2.75) is 4.90 Å². The molecule has 120 valence electrons. The summed E-state index contributed by atoms with van der Waals surface area (Å²) in [7, 11) is 0. The highest BCUT2D eigenvalue weighted by atomic mass is 32.2. The number of hydrogen-bond acceptors (Lipinski definition) is 4. The van der Waals surface area contributed by atoms with E-state index in [-0.39, 0.29) is 16.3 Å². The quantitative estimate of drug-likeness (QED) is 0.510. The predicted molar refractivity (Wildman–Crippen MR) is 78.8 cm³/mol. The van der Waals surface area contributed by atoms with Crippen LogP contribution in [-0.4, -0.2) is 16.6 Å². The van der Waals surface area contributed by atoms with Gasteiger partial charge in [-0.1, -0.05) is 0 Å². The van der Waals surface area contributed by atoms with Crippen molar-refractivity contribution in [2.75, 3.05) is 11.1 Å². The Hall–Kier alpha value is -2.55. The van der Waals surface area contributed by atoms with Crippen molar-refractivity contribution in [2.24, 2.45) is 0 Å². The van der Waals surface area contributed by atoms with Gasteiger partial charge in [0, 0.05) is 16.6 Å². The third-order valence-corrected chi connectivity index (χ3v) is 3.71. The molecule has 23 heavy (non-hydrogen) atoms. The number of nitrogens with zero attached hydrogens (tertiary/aromatic N) is 1. The van der Waals surface area contributed by atoms with Crippen molar-refractivity contribution in [3.63, 3.8) is 0 Å². The molecule has 0 aliphatic rings. The van der Waals surface area contributed by atoms with Crippen LogP contribution in [0.4, 0.5) is 24.5 Å². The number of amides is 1. The zero-order chi connectivity index (χ0) is 17.0. The average molecular weight is 342 g/mol. The molecule has 0 radical (unpaired) electrons. The first kappa shape index (κ1) is 16.8. The Morgan fingerprint density at radius 1 is 1.13 bits per heavy atom. The minimum atomic E-state index is -1.02. The molecule has 9 heteroatoms. The van der Waals surface area contributed by atoms with Gasteiger partial charge in [0.2, 0.25) is 11.7 Å². The summed E-state index contributed by atoms with van der Waals surface area (Å²) in [5.41, 5.74) is -0.741. The molecule has 1 N–H and O–H groups in total. The van der Waals surface area contributed by atoms with E-state index in [4.69, 9.17) is 0 Å². The summed E-state index contributed by atoms with van der Waals surface area (Å²) in [6.07, 6.45) is 0. The Morgan fingerprint density at radius 3 is 2.52 bits per heavy atom. The highest BCUT2D eigenvalue weighted by Crippen LogP contribution is 2.24. The van der Waals surface area contributed by atoms with Gasteiger partial charge < -0.3 is 5.32 Å². The van der Waals surface area contributed by atoms with E-state index >= 15 is 0 Å². The van der Waals surface area contributed by atoms with Crippen LogP contribution in [0.15, 0.2) is 41.3 Å². The maximum Gasteiger partial charge on any atom is 0.306 e. The lowest BCUT2D eigenvalue weighted by atomic mass is 10.2. The second kappa shape index (κ2) is 7.14. The fraction of sp³-hybridized carbons (Fsp3) is 0.0714. The van der Waals surface area contributed by atoms with Gasteiger partial charge in [-0.05, 0) is 30.3 Å². The molecule has 2 aromatic rings. The van der Waals surface area contributed by atoms with Gasteiger partial charge in [0.25, 0.3) is 0 Å². The Balaban J connectivity index is 2.01. The SMILES string of the molecule is O=C(CSc1cc(F)ccc1F)Nc1ccc(F)c([N+](=O)[O-])c1. The van der Waals surface area contributed by atoms with E-state index in [0.717, 1.165) is 48.2 Å². The first-order valence-electron chi connectivity index (χ1n) is 6.18. The molecule has 5 nitrogen and oxygen atoms in total. The molecule has 0 atom stereocenters. The summed E-state index contributed by atoms with van der Waals surface area (Å²) in [5, 5.41) is 12.9. The number of benzene rings is 2. The molecular formula is C14H9F3N2O3S. The molecule has 2 aromatic carbocycles. The molecule has 0 heterocycles. The highest BCUT2D eigenvalue weighted by molar-refractivity contribution is 8.00. The van der Waals surface area contributed by atoms with E-state index in [9.17, 15) is 28.1 Å². The zero-order valence-electron chi connectivity index (χ0n) is 11.4. The molecule has 0 aliphatic carbocycles. The van der Waals surface area contributed by atoms with Gasteiger partial charge in [0.1, 0.15) is 11.6 Å². The van der Waals surface area contributed by atoms with Crippen molar-refractivity contribution in [1.29, 1.82) is 0 Å². The highest BCUT2D eigenvalue weighted by Gasteiger charge is 2.15. The van der Waals surface area contributed by atoms with Crippen LogP contribution in [0, 0.1) is 27.6 Å². The van der Waals surface area contributed by atoms with Crippen LogP contribution in [-0.2, 0) is 4.79 Å². The number of carbonyl (C=O) groups excluding carboxylic acids is 1. The Morgan fingerprint density at radius 2 is 1.83 bits per heavy atom. The lowest BCUT2D eigenvalue weighted by molar-refractivity contribution is -0.387. The van der Waals surface area contributed by atoms with Gasteiger partial charge in [0.05, 0.1) is 10.7 Å². The largest absolute Gasteiger partial charge is 0.325 e. The zero-order valence-corrected chi connectivity index (χ0v) is 12.2. The third kappa shape index (κ3) is 4.46. The Labute approximate surface area is 132 Å². The lowest BCUT2D eigenvalue weighted by Gasteiger charge is -2.06.